The number of halogens is 4. The molecule has 8 nitrogen and oxygen atoms in total. The molecule has 2 fully saturated rings. The quantitative estimate of drug-likeness (QED) is 0.345. The van der Waals surface area contributed by atoms with Crippen LogP contribution in [-0.2, 0) is 29.8 Å². The summed E-state index contributed by atoms with van der Waals surface area (Å²) in [6.45, 7) is 3.24. The highest BCUT2D eigenvalue weighted by Gasteiger charge is 2.42. The molecule has 0 aliphatic carbocycles. The molecule has 0 bridgehead atoms. The van der Waals surface area contributed by atoms with Crippen molar-refractivity contribution in [1.29, 1.82) is 0 Å². The SMILES string of the molecule is CC(c1cc(C(F)(F)F)c2cn(-c3cccc(C4(Cc5nncn5C)COC4)c3)c(=O)n2c1)N1CC[C@H](F)C1. The number of pyridine rings is 1. The highest BCUT2D eigenvalue weighted by atomic mass is 19.4. The lowest BCUT2D eigenvalue weighted by Crippen LogP contribution is -2.49. The normalized spacial score (nSPS) is 20.4. The summed E-state index contributed by atoms with van der Waals surface area (Å²) < 4.78 is 66.1. The fourth-order valence-electron chi connectivity index (χ4n) is 5.63. The Kier molecular flexibility index (Phi) is 6.14. The Morgan fingerprint density at radius 2 is 2.00 bits per heavy atom. The first-order valence-electron chi connectivity index (χ1n) is 12.8. The maximum Gasteiger partial charge on any atom is 0.418 e. The van der Waals surface area contributed by atoms with Gasteiger partial charge in [-0.3, -0.25) is 13.9 Å². The number of alkyl halides is 4. The van der Waals surface area contributed by atoms with E-state index < -0.39 is 29.6 Å². The van der Waals surface area contributed by atoms with Gasteiger partial charge in [0.25, 0.3) is 0 Å². The van der Waals surface area contributed by atoms with Gasteiger partial charge >= 0.3 is 11.9 Å². The minimum Gasteiger partial charge on any atom is -0.379 e. The average Bonchev–Trinajstić information content (AvgIpc) is 3.58. The zero-order chi connectivity index (χ0) is 27.5. The molecule has 0 amide bonds. The van der Waals surface area contributed by atoms with Crippen LogP contribution in [0.3, 0.4) is 0 Å². The number of benzene rings is 1. The molecule has 1 aromatic carbocycles. The second-order valence-electron chi connectivity index (χ2n) is 10.6. The molecule has 6 rings (SSSR count). The van der Waals surface area contributed by atoms with E-state index in [0.717, 1.165) is 21.9 Å². The van der Waals surface area contributed by atoms with Crippen molar-refractivity contribution < 1.29 is 22.3 Å². The zero-order valence-corrected chi connectivity index (χ0v) is 21.5. The van der Waals surface area contributed by atoms with E-state index in [1.165, 1.54) is 17.0 Å². The van der Waals surface area contributed by atoms with Gasteiger partial charge < -0.3 is 9.30 Å². The highest BCUT2D eigenvalue weighted by Crippen LogP contribution is 2.38. The molecule has 2 saturated heterocycles. The first kappa shape index (κ1) is 25.8. The monoisotopic (exact) mass is 544 g/mol. The molecule has 0 spiro atoms. The van der Waals surface area contributed by atoms with Crippen LogP contribution in [0, 0.1) is 0 Å². The molecular weight excluding hydrogens is 516 g/mol. The van der Waals surface area contributed by atoms with Crippen LogP contribution < -0.4 is 5.69 Å². The van der Waals surface area contributed by atoms with E-state index in [0.29, 0.717) is 43.9 Å². The minimum atomic E-state index is -4.68. The van der Waals surface area contributed by atoms with E-state index >= 15 is 0 Å². The topological polar surface area (TPSA) is 69.6 Å². The second kappa shape index (κ2) is 9.30. The number of ether oxygens (including phenoxy) is 1. The van der Waals surface area contributed by atoms with Crippen LogP contribution >= 0.6 is 0 Å². The number of aromatic nitrogens is 5. The Bertz CT molecular complexity index is 1590. The van der Waals surface area contributed by atoms with E-state index in [2.05, 4.69) is 10.2 Å². The molecule has 0 saturated carbocycles. The van der Waals surface area contributed by atoms with Gasteiger partial charge in [0.1, 0.15) is 18.3 Å². The number of hydrogen-bond acceptors (Lipinski definition) is 5. The van der Waals surface area contributed by atoms with E-state index in [-0.39, 0.29) is 17.5 Å². The van der Waals surface area contributed by atoms with Gasteiger partial charge in [0, 0.05) is 50.4 Å². The van der Waals surface area contributed by atoms with E-state index in [4.69, 9.17) is 4.74 Å². The van der Waals surface area contributed by atoms with Crippen LogP contribution in [0.5, 0.6) is 0 Å². The summed E-state index contributed by atoms with van der Waals surface area (Å²) in [6.07, 6.45) is -0.481. The number of rotatable bonds is 6. The van der Waals surface area contributed by atoms with Gasteiger partial charge in [-0.2, -0.15) is 13.2 Å². The molecular formula is C27H28F4N6O2. The lowest BCUT2D eigenvalue weighted by Gasteiger charge is -2.41. The van der Waals surface area contributed by atoms with Crippen molar-refractivity contribution >= 4 is 5.52 Å². The van der Waals surface area contributed by atoms with Gasteiger partial charge in [-0.25, -0.2) is 9.18 Å². The highest BCUT2D eigenvalue weighted by molar-refractivity contribution is 5.58. The fourth-order valence-corrected chi connectivity index (χ4v) is 5.63. The third-order valence-corrected chi connectivity index (χ3v) is 8.08. The van der Waals surface area contributed by atoms with Gasteiger partial charge in [-0.15, -0.1) is 10.2 Å². The van der Waals surface area contributed by atoms with Crippen LogP contribution in [0.1, 0.15) is 41.9 Å². The van der Waals surface area contributed by atoms with Crippen LogP contribution in [0.4, 0.5) is 17.6 Å². The van der Waals surface area contributed by atoms with Gasteiger partial charge in [-0.05, 0) is 42.7 Å². The van der Waals surface area contributed by atoms with Gasteiger partial charge in [0.05, 0.1) is 30.0 Å². The molecule has 0 N–H and O–H groups in total. The summed E-state index contributed by atoms with van der Waals surface area (Å²) in [7, 11) is 1.86. The van der Waals surface area contributed by atoms with Crippen molar-refractivity contribution in [3.63, 3.8) is 0 Å². The molecule has 39 heavy (non-hydrogen) atoms. The van der Waals surface area contributed by atoms with Crippen molar-refractivity contribution in [2.75, 3.05) is 26.3 Å². The Hall–Kier alpha value is -3.51. The van der Waals surface area contributed by atoms with Crippen molar-refractivity contribution in [3.05, 3.63) is 82.1 Å². The van der Waals surface area contributed by atoms with Crippen molar-refractivity contribution in [1.82, 2.24) is 28.6 Å². The molecule has 3 aromatic heterocycles. The maximum atomic E-state index is 14.2. The predicted octanol–water partition coefficient (Wildman–Crippen LogP) is 3.85. The average molecular weight is 545 g/mol. The molecule has 206 valence electrons. The number of imidazole rings is 1. The summed E-state index contributed by atoms with van der Waals surface area (Å²) >= 11 is 0. The predicted molar refractivity (Wildman–Crippen MR) is 135 cm³/mol. The third kappa shape index (κ3) is 4.45. The Balaban J connectivity index is 1.43. The molecule has 2 atom stereocenters. The van der Waals surface area contributed by atoms with Crippen LogP contribution in [0.2, 0.25) is 0 Å². The van der Waals surface area contributed by atoms with E-state index in [9.17, 15) is 22.4 Å². The molecule has 4 aromatic rings. The van der Waals surface area contributed by atoms with Crippen LogP contribution in [0.15, 0.2) is 53.8 Å². The number of hydrogen-bond donors (Lipinski definition) is 0. The summed E-state index contributed by atoms with van der Waals surface area (Å²) in [5.74, 6) is 0.782. The molecule has 5 heterocycles. The largest absolute Gasteiger partial charge is 0.418 e. The second-order valence-corrected chi connectivity index (χ2v) is 10.6. The Morgan fingerprint density at radius 1 is 1.21 bits per heavy atom. The molecule has 0 radical (unpaired) electrons. The lowest BCUT2D eigenvalue weighted by molar-refractivity contribution is -0.136. The van der Waals surface area contributed by atoms with Gasteiger partial charge in [0.15, 0.2) is 0 Å². The minimum absolute atomic E-state index is 0.156. The summed E-state index contributed by atoms with van der Waals surface area (Å²) in [5, 5.41) is 8.13. The van der Waals surface area contributed by atoms with Crippen molar-refractivity contribution in [2.45, 2.75) is 43.6 Å². The summed E-state index contributed by atoms with van der Waals surface area (Å²) in [4.78, 5) is 15.3. The Morgan fingerprint density at radius 3 is 2.62 bits per heavy atom. The number of likely N-dealkylation sites (tertiary alicyclic amines) is 1. The van der Waals surface area contributed by atoms with Gasteiger partial charge in [0.2, 0.25) is 0 Å². The number of fused-ring (bicyclic) bond motifs is 1. The summed E-state index contributed by atoms with van der Waals surface area (Å²) in [6, 6.07) is 7.83. The number of aryl methyl sites for hydroxylation is 1. The first-order chi connectivity index (χ1) is 18.6. The number of nitrogens with zero attached hydrogens (tertiary/aromatic N) is 6. The third-order valence-electron chi connectivity index (χ3n) is 8.08. The maximum absolute atomic E-state index is 14.2. The smallest absolute Gasteiger partial charge is 0.379 e. The van der Waals surface area contributed by atoms with Crippen LogP contribution in [0.25, 0.3) is 11.2 Å². The lowest BCUT2D eigenvalue weighted by atomic mass is 9.75. The van der Waals surface area contributed by atoms with Gasteiger partial charge in [-0.1, -0.05) is 12.1 Å². The standard InChI is InChI=1S/C27H28F4N6O2/c1-17(35-7-6-20(28)12-35)18-8-22(27(29,30)31)23-13-36(25(38)37(23)11-18)21-5-3-4-19(9-21)26(14-39-15-26)10-24-33-32-16-34(24)2/h3-5,8-9,11,13,16-17,20H,6-7,10,12,14-15H2,1-2H3/t17?,20-/m0/s1. The Labute approximate surface area is 221 Å². The molecule has 2 aliphatic heterocycles. The first-order valence-corrected chi connectivity index (χ1v) is 12.8. The molecule has 1 unspecified atom stereocenters. The fraction of sp³-hybridized carbons (Fsp3) is 0.444. The van der Waals surface area contributed by atoms with Crippen LogP contribution in [-0.4, -0.2) is 61.1 Å². The van der Waals surface area contributed by atoms with E-state index in [1.807, 2.05) is 23.7 Å². The zero-order valence-electron chi connectivity index (χ0n) is 21.5. The van der Waals surface area contributed by atoms with Crippen molar-refractivity contribution in [3.8, 4) is 5.69 Å². The van der Waals surface area contributed by atoms with E-state index in [1.54, 1.807) is 30.3 Å². The molecule has 12 heteroatoms. The van der Waals surface area contributed by atoms with Crippen molar-refractivity contribution in [2.24, 2.45) is 7.05 Å². The molecule has 2 aliphatic rings. The summed E-state index contributed by atoms with van der Waals surface area (Å²) in [5.41, 5.74) is -0.473.